The highest BCUT2D eigenvalue weighted by atomic mass is 16.6. The first-order valence-corrected chi connectivity index (χ1v) is 9.30. The topological polar surface area (TPSA) is 55.8 Å². The third kappa shape index (κ3) is 7.71. The summed E-state index contributed by atoms with van der Waals surface area (Å²) in [6.07, 6.45) is 10.8. The summed E-state index contributed by atoms with van der Waals surface area (Å²) in [4.78, 5) is 25.4. The van der Waals surface area contributed by atoms with E-state index in [9.17, 15) is 9.59 Å². The predicted octanol–water partition coefficient (Wildman–Crippen LogP) is 4.29. The van der Waals surface area contributed by atoms with Gasteiger partial charge in [0.1, 0.15) is 6.04 Å². The summed E-state index contributed by atoms with van der Waals surface area (Å²) in [5.74, 6) is -0.279. The standard InChI is InChI=1S/C18H33NO4/c1-3-5-6-7-8-9-10-11-15-23-17(20)16-13-12-14-19(16)18(21)22-4-2/h16H,3-15H2,1-2H3. The Bertz CT molecular complexity index is 346. The van der Waals surface area contributed by atoms with Crippen LogP contribution in [0.4, 0.5) is 4.79 Å². The highest BCUT2D eigenvalue weighted by Crippen LogP contribution is 2.19. The maximum atomic E-state index is 12.1. The number of hydrogen-bond acceptors (Lipinski definition) is 4. The predicted molar refractivity (Wildman–Crippen MR) is 90.3 cm³/mol. The zero-order valence-corrected chi connectivity index (χ0v) is 14.8. The first-order valence-electron chi connectivity index (χ1n) is 9.30. The molecular weight excluding hydrogens is 294 g/mol. The molecule has 23 heavy (non-hydrogen) atoms. The van der Waals surface area contributed by atoms with Gasteiger partial charge in [0.15, 0.2) is 0 Å². The number of likely N-dealkylation sites (tertiary alicyclic amines) is 1. The Balaban J connectivity index is 2.10. The Morgan fingerprint density at radius 3 is 2.26 bits per heavy atom. The Morgan fingerprint density at radius 2 is 1.61 bits per heavy atom. The first-order chi connectivity index (χ1) is 11.2. The number of hydrogen-bond donors (Lipinski definition) is 0. The molecule has 0 saturated carbocycles. The second kappa shape index (κ2) is 12.2. The van der Waals surface area contributed by atoms with Crippen LogP contribution in [0, 0.1) is 0 Å². The summed E-state index contributed by atoms with van der Waals surface area (Å²) < 4.78 is 10.3. The quantitative estimate of drug-likeness (QED) is 0.419. The summed E-state index contributed by atoms with van der Waals surface area (Å²) >= 11 is 0. The molecule has 1 saturated heterocycles. The fraction of sp³-hybridized carbons (Fsp3) is 0.889. The van der Waals surface area contributed by atoms with Crippen LogP contribution in [0.15, 0.2) is 0 Å². The minimum atomic E-state index is -0.455. The van der Waals surface area contributed by atoms with Crippen LogP contribution >= 0.6 is 0 Å². The van der Waals surface area contributed by atoms with Gasteiger partial charge in [-0.2, -0.15) is 0 Å². The van der Waals surface area contributed by atoms with E-state index in [0.717, 1.165) is 19.3 Å². The smallest absolute Gasteiger partial charge is 0.410 e. The fourth-order valence-electron chi connectivity index (χ4n) is 2.94. The lowest BCUT2D eigenvalue weighted by Crippen LogP contribution is -2.41. The molecule has 0 bridgehead atoms. The van der Waals surface area contributed by atoms with Crippen molar-refractivity contribution in [3.63, 3.8) is 0 Å². The van der Waals surface area contributed by atoms with Crippen LogP contribution in [-0.4, -0.2) is 42.8 Å². The molecule has 0 N–H and O–H groups in total. The molecule has 0 aromatic carbocycles. The molecular formula is C18H33NO4. The van der Waals surface area contributed by atoms with Crippen LogP contribution in [0.3, 0.4) is 0 Å². The van der Waals surface area contributed by atoms with E-state index in [1.807, 2.05) is 0 Å². The van der Waals surface area contributed by atoms with Gasteiger partial charge in [-0.1, -0.05) is 51.9 Å². The number of carbonyl (C=O) groups excluding carboxylic acids is 2. The van der Waals surface area contributed by atoms with E-state index >= 15 is 0 Å². The van der Waals surface area contributed by atoms with Crippen LogP contribution in [0.5, 0.6) is 0 Å². The van der Waals surface area contributed by atoms with Crippen molar-refractivity contribution in [3.8, 4) is 0 Å². The van der Waals surface area contributed by atoms with Gasteiger partial charge in [0, 0.05) is 6.54 Å². The fourth-order valence-corrected chi connectivity index (χ4v) is 2.94. The summed E-state index contributed by atoms with van der Waals surface area (Å²) in [5, 5.41) is 0. The number of nitrogens with zero attached hydrogens (tertiary/aromatic N) is 1. The van der Waals surface area contributed by atoms with Crippen molar-refractivity contribution in [3.05, 3.63) is 0 Å². The molecule has 5 nitrogen and oxygen atoms in total. The van der Waals surface area contributed by atoms with Crippen molar-refractivity contribution >= 4 is 12.1 Å². The number of ether oxygens (including phenoxy) is 2. The Kier molecular flexibility index (Phi) is 10.5. The molecule has 0 aliphatic carbocycles. The second-order valence-electron chi connectivity index (χ2n) is 6.19. The molecule has 1 fully saturated rings. The van der Waals surface area contributed by atoms with Crippen molar-refractivity contribution in [2.24, 2.45) is 0 Å². The molecule has 1 heterocycles. The molecule has 0 radical (unpaired) electrons. The van der Waals surface area contributed by atoms with Crippen molar-refractivity contribution in [1.29, 1.82) is 0 Å². The number of unbranched alkanes of at least 4 members (excludes halogenated alkanes) is 7. The third-order valence-electron chi connectivity index (χ3n) is 4.27. The summed E-state index contributed by atoms with van der Waals surface area (Å²) in [5.41, 5.74) is 0. The van der Waals surface area contributed by atoms with Crippen LogP contribution in [-0.2, 0) is 14.3 Å². The highest BCUT2D eigenvalue weighted by molar-refractivity contribution is 5.82. The number of rotatable bonds is 11. The van der Waals surface area contributed by atoms with Gasteiger partial charge in [0.05, 0.1) is 13.2 Å². The van der Waals surface area contributed by atoms with Crippen LogP contribution in [0.2, 0.25) is 0 Å². The number of carbonyl (C=O) groups is 2. The van der Waals surface area contributed by atoms with Crippen LogP contribution < -0.4 is 0 Å². The molecule has 1 aliphatic rings. The molecule has 5 heteroatoms. The summed E-state index contributed by atoms with van der Waals surface area (Å²) in [6.45, 7) is 5.36. The zero-order chi connectivity index (χ0) is 16.9. The Labute approximate surface area is 140 Å². The summed E-state index contributed by atoms with van der Waals surface area (Å²) in [7, 11) is 0. The van der Waals surface area contributed by atoms with E-state index in [1.54, 1.807) is 6.92 Å². The average Bonchev–Trinajstić information content (AvgIpc) is 3.03. The minimum absolute atomic E-state index is 0.279. The lowest BCUT2D eigenvalue weighted by molar-refractivity contribution is -0.148. The molecule has 1 unspecified atom stereocenters. The van der Waals surface area contributed by atoms with Gasteiger partial charge in [-0.25, -0.2) is 9.59 Å². The highest BCUT2D eigenvalue weighted by Gasteiger charge is 2.35. The summed E-state index contributed by atoms with van der Waals surface area (Å²) in [6, 6.07) is -0.455. The van der Waals surface area contributed by atoms with E-state index in [2.05, 4.69) is 6.92 Å². The van der Waals surface area contributed by atoms with Gasteiger partial charge >= 0.3 is 12.1 Å². The largest absolute Gasteiger partial charge is 0.464 e. The normalized spacial score (nSPS) is 17.3. The first kappa shape index (κ1) is 19.8. The van der Waals surface area contributed by atoms with Gasteiger partial charge < -0.3 is 9.47 Å². The molecule has 1 rings (SSSR count). The molecule has 1 amide bonds. The third-order valence-corrected chi connectivity index (χ3v) is 4.27. The van der Waals surface area contributed by atoms with Gasteiger partial charge in [-0.3, -0.25) is 4.90 Å². The molecule has 0 aromatic rings. The monoisotopic (exact) mass is 327 g/mol. The van der Waals surface area contributed by atoms with Crippen molar-refractivity contribution in [2.45, 2.75) is 84.1 Å². The zero-order valence-electron chi connectivity index (χ0n) is 14.8. The van der Waals surface area contributed by atoms with E-state index in [1.165, 1.54) is 43.4 Å². The van der Waals surface area contributed by atoms with Gasteiger partial charge in [0.25, 0.3) is 0 Å². The van der Waals surface area contributed by atoms with Gasteiger partial charge in [0.2, 0.25) is 0 Å². The van der Waals surface area contributed by atoms with E-state index in [-0.39, 0.29) is 5.97 Å². The second-order valence-corrected chi connectivity index (χ2v) is 6.19. The van der Waals surface area contributed by atoms with Crippen molar-refractivity contribution in [1.82, 2.24) is 4.90 Å². The molecule has 0 aromatic heterocycles. The lowest BCUT2D eigenvalue weighted by Gasteiger charge is -2.22. The van der Waals surface area contributed by atoms with E-state index < -0.39 is 12.1 Å². The van der Waals surface area contributed by atoms with Crippen molar-refractivity contribution < 1.29 is 19.1 Å². The SMILES string of the molecule is CCCCCCCCCCOC(=O)C1CCCN1C(=O)OCC. The Morgan fingerprint density at radius 1 is 0.957 bits per heavy atom. The van der Waals surface area contributed by atoms with Gasteiger partial charge in [-0.05, 0) is 26.2 Å². The molecule has 1 aliphatic heterocycles. The average molecular weight is 327 g/mol. The van der Waals surface area contributed by atoms with Gasteiger partial charge in [-0.15, -0.1) is 0 Å². The van der Waals surface area contributed by atoms with E-state index in [4.69, 9.17) is 9.47 Å². The van der Waals surface area contributed by atoms with Crippen LogP contribution in [0.1, 0.15) is 78.1 Å². The van der Waals surface area contributed by atoms with Crippen molar-refractivity contribution in [2.75, 3.05) is 19.8 Å². The number of amides is 1. The Hall–Kier alpha value is -1.26. The number of esters is 1. The maximum Gasteiger partial charge on any atom is 0.410 e. The maximum absolute atomic E-state index is 12.1. The lowest BCUT2D eigenvalue weighted by atomic mass is 10.1. The van der Waals surface area contributed by atoms with E-state index in [0.29, 0.717) is 26.2 Å². The molecule has 0 spiro atoms. The minimum Gasteiger partial charge on any atom is -0.464 e. The molecule has 1 atom stereocenters. The van der Waals surface area contributed by atoms with Crippen LogP contribution in [0.25, 0.3) is 0 Å². The molecule has 134 valence electrons.